The Kier molecular flexibility index (Phi) is 8.28. The van der Waals surface area contributed by atoms with Gasteiger partial charge in [-0.2, -0.15) is 0 Å². The van der Waals surface area contributed by atoms with Crippen LogP contribution in [0.25, 0.3) is 56.0 Å². The van der Waals surface area contributed by atoms with Crippen LogP contribution in [0.15, 0.2) is 109 Å². The fraction of sp³-hybridized carbons (Fsp3) is 0.214. The third-order valence-corrected chi connectivity index (χ3v) is 10.4. The highest BCUT2D eigenvalue weighted by molar-refractivity contribution is 6.07. The first kappa shape index (κ1) is 31.8. The van der Waals surface area contributed by atoms with Crippen LogP contribution >= 0.6 is 0 Å². The SMILES string of the molecule is O=C1NCCn2c(-c3ccc(-c4ccncc4)cc3)nc3cccc1c32.O=C1NCCn2c(-c3ccc(C4CCNCC4)cc3)nc3cccc1c32. The lowest BCUT2D eigenvalue weighted by atomic mass is 9.90. The second kappa shape index (κ2) is 13.5. The molecular formula is C42H38N8O2. The van der Waals surface area contributed by atoms with Crippen LogP contribution in [0.1, 0.15) is 45.0 Å². The second-order valence-electron chi connectivity index (χ2n) is 13.5. The quantitative estimate of drug-likeness (QED) is 0.197. The summed E-state index contributed by atoms with van der Waals surface area (Å²) in [5, 5.41) is 9.35. The Labute approximate surface area is 300 Å². The third kappa shape index (κ3) is 5.80. The van der Waals surface area contributed by atoms with E-state index in [0.717, 1.165) is 75.6 Å². The van der Waals surface area contributed by atoms with E-state index in [0.29, 0.717) is 36.7 Å². The predicted octanol–water partition coefficient (Wildman–Crippen LogP) is 6.42. The number of piperidine rings is 1. The molecule has 0 atom stereocenters. The normalized spacial score (nSPS) is 15.7. The van der Waals surface area contributed by atoms with Gasteiger partial charge in [0.2, 0.25) is 0 Å². The Bertz CT molecular complexity index is 2430. The van der Waals surface area contributed by atoms with Crippen molar-refractivity contribution in [2.75, 3.05) is 26.2 Å². The van der Waals surface area contributed by atoms with Gasteiger partial charge in [-0.1, -0.05) is 60.7 Å². The number of hydrogen-bond donors (Lipinski definition) is 3. The van der Waals surface area contributed by atoms with Crippen LogP contribution in [0.2, 0.25) is 0 Å². The van der Waals surface area contributed by atoms with Gasteiger partial charge in [-0.3, -0.25) is 14.6 Å². The molecule has 7 aromatic rings. The first-order valence-electron chi connectivity index (χ1n) is 18.0. The van der Waals surface area contributed by atoms with Gasteiger partial charge in [-0.15, -0.1) is 0 Å². The smallest absolute Gasteiger partial charge is 0.253 e. The van der Waals surface area contributed by atoms with E-state index >= 15 is 0 Å². The fourth-order valence-corrected chi connectivity index (χ4v) is 7.78. The van der Waals surface area contributed by atoms with Crippen molar-refractivity contribution in [3.05, 3.63) is 126 Å². The van der Waals surface area contributed by atoms with Crippen molar-refractivity contribution >= 4 is 33.9 Å². The molecule has 6 heterocycles. The number of para-hydroxylation sites is 2. The molecule has 3 aliphatic heterocycles. The van der Waals surface area contributed by atoms with Crippen molar-refractivity contribution in [3.63, 3.8) is 0 Å². The number of carbonyl (C=O) groups excluding carboxylic acids is 2. The number of aromatic nitrogens is 5. The molecule has 3 N–H and O–H groups in total. The molecule has 0 unspecified atom stereocenters. The topological polar surface area (TPSA) is 119 Å². The van der Waals surface area contributed by atoms with Crippen LogP contribution in [0.4, 0.5) is 0 Å². The van der Waals surface area contributed by atoms with Gasteiger partial charge in [0.25, 0.3) is 11.8 Å². The molecule has 2 amide bonds. The lowest BCUT2D eigenvalue weighted by Crippen LogP contribution is -2.26. The molecule has 52 heavy (non-hydrogen) atoms. The summed E-state index contributed by atoms with van der Waals surface area (Å²) in [5.74, 6) is 2.45. The first-order valence-corrected chi connectivity index (χ1v) is 18.0. The van der Waals surface area contributed by atoms with E-state index in [1.165, 1.54) is 18.4 Å². The number of imidazole rings is 2. The molecule has 0 aliphatic carbocycles. The highest BCUT2D eigenvalue weighted by Crippen LogP contribution is 2.32. The molecule has 0 bridgehead atoms. The van der Waals surface area contributed by atoms with Gasteiger partial charge < -0.3 is 25.1 Å². The van der Waals surface area contributed by atoms with E-state index in [1.807, 2.05) is 48.5 Å². The van der Waals surface area contributed by atoms with E-state index in [1.54, 1.807) is 12.4 Å². The summed E-state index contributed by atoms with van der Waals surface area (Å²) in [5.41, 5.74) is 10.8. The van der Waals surface area contributed by atoms with E-state index in [4.69, 9.17) is 9.97 Å². The van der Waals surface area contributed by atoms with E-state index in [-0.39, 0.29) is 11.8 Å². The molecule has 10 heteroatoms. The minimum absolute atomic E-state index is 0.0120. The molecule has 1 saturated heterocycles. The van der Waals surface area contributed by atoms with Gasteiger partial charge >= 0.3 is 0 Å². The van der Waals surface area contributed by atoms with Crippen molar-refractivity contribution in [1.29, 1.82) is 0 Å². The highest BCUT2D eigenvalue weighted by Gasteiger charge is 2.23. The van der Waals surface area contributed by atoms with Crippen LogP contribution in [0.5, 0.6) is 0 Å². The zero-order valence-corrected chi connectivity index (χ0v) is 28.7. The zero-order chi connectivity index (χ0) is 35.0. The Balaban J connectivity index is 0.000000138. The summed E-state index contributed by atoms with van der Waals surface area (Å²) in [4.78, 5) is 38.3. The van der Waals surface area contributed by atoms with Crippen molar-refractivity contribution in [2.45, 2.75) is 31.8 Å². The molecular weight excluding hydrogens is 649 g/mol. The minimum Gasteiger partial charge on any atom is -0.350 e. The van der Waals surface area contributed by atoms with Gasteiger partial charge in [0, 0.05) is 49.7 Å². The molecule has 0 radical (unpaired) electrons. The molecule has 10 nitrogen and oxygen atoms in total. The summed E-state index contributed by atoms with van der Waals surface area (Å²) in [6.45, 7) is 4.88. The van der Waals surface area contributed by atoms with E-state index < -0.39 is 0 Å². The third-order valence-electron chi connectivity index (χ3n) is 10.4. The molecule has 10 rings (SSSR count). The molecule has 258 valence electrons. The number of amides is 2. The summed E-state index contributed by atoms with van der Waals surface area (Å²) in [6.07, 6.45) is 6.00. The van der Waals surface area contributed by atoms with Crippen molar-refractivity contribution in [2.24, 2.45) is 0 Å². The van der Waals surface area contributed by atoms with Crippen molar-refractivity contribution in [1.82, 2.24) is 40.0 Å². The molecule has 1 fully saturated rings. The standard InChI is InChI=1S/C21H22N4O.C21H16N4O/c2*26-21-17-2-1-3-18-19(17)25(13-12-23-21)20(24-18)16-6-4-14(5-7-16)15-8-10-22-11-9-15/h1-7,15,22H,8-13H2,(H,23,26);1-11H,12-13H2,(H,23,26). The fourth-order valence-electron chi connectivity index (χ4n) is 7.78. The van der Waals surface area contributed by atoms with Gasteiger partial charge in [0.05, 0.1) is 33.2 Å². The number of benzene rings is 4. The summed E-state index contributed by atoms with van der Waals surface area (Å²) < 4.78 is 4.33. The molecule has 0 spiro atoms. The molecule has 3 aliphatic rings. The van der Waals surface area contributed by atoms with Gasteiger partial charge in [-0.05, 0) is 84.9 Å². The zero-order valence-electron chi connectivity index (χ0n) is 28.7. The second-order valence-corrected chi connectivity index (χ2v) is 13.5. The van der Waals surface area contributed by atoms with Gasteiger partial charge in [0.15, 0.2) is 0 Å². The molecule has 0 saturated carbocycles. The van der Waals surface area contributed by atoms with Crippen LogP contribution < -0.4 is 16.0 Å². The number of carbonyl (C=O) groups is 2. The number of nitrogens with one attached hydrogen (secondary N) is 3. The maximum Gasteiger partial charge on any atom is 0.253 e. The Hall–Kier alpha value is -6.13. The average molecular weight is 687 g/mol. The number of nitrogens with zero attached hydrogens (tertiary/aromatic N) is 5. The van der Waals surface area contributed by atoms with E-state index in [9.17, 15) is 9.59 Å². The number of rotatable bonds is 4. The lowest BCUT2D eigenvalue weighted by molar-refractivity contribution is 0.0948. The Morgan fingerprint density at radius 2 is 1.02 bits per heavy atom. The summed E-state index contributed by atoms with van der Waals surface area (Å²) in [7, 11) is 0. The maximum absolute atomic E-state index is 12.3. The van der Waals surface area contributed by atoms with Crippen LogP contribution in [-0.2, 0) is 13.1 Å². The Morgan fingerprint density at radius 3 is 1.56 bits per heavy atom. The number of pyridine rings is 1. The van der Waals surface area contributed by atoms with Crippen LogP contribution in [0, 0.1) is 0 Å². The summed E-state index contributed by atoms with van der Waals surface area (Å²) >= 11 is 0. The van der Waals surface area contributed by atoms with Crippen molar-refractivity contribution < 1.29 is 9.59 Å². The molecule has 3 aromatic heterocycles. The average Bonchev–Trinajstić information content (AvgIpc) is 3.65. The lowest BCUT2D eigenvalue weighted by Gasteiger charge is -2.23. The van der Waals surface area contributed by atoms with Gasteiger partial charge in [-0.25, -0.2) is 9.97 Å². The maximum atomic E-state index is 12.3. The first-order chi connectivity index (χ1) is 25.6. The monoisotopic (exact) mass is 686 g/mol. The Morgan fingerprint density at radius 1 is 0.538 bits per heavy atom. The predicted molar refractivity (Wildman–Crippen MR) is 203 cm³/mol. The number of hydrogen-bond acceptors (Lipinski definition) is 6. The minimum atomic E-state index is -0.0335. The summed E-state index contributed by atoms with van der Waals surface area (Å²) in [6, 6.07) is 32.7. The van der Waals surface area contributed by atoms with Crippen LogP contribution in [0.3, 0.4) is 0 Å². The van der Waals surface area contributed by atoms with Crippen molar-refractivity contribution in [3.8, 4) is 33.9 Å². The highest BCUT2D eigenvalue weighted by atomic mass is 16.2. The van der Waals surface area contributed by atoms with Crippen LogP contribution in [-0.4, -0.2) is 62.1 Å². The van der Waals surface area contributed by atoms with E-state index in [2.05, 4.69) is 78.6 Å². The van der Waals surface area contributed by atoms with Gasteiger partial charge in [0.1, 0.15) is 11.6 Å². The largest absolute Gasteiger partial charge is 0.350 e. The molecule has 4 aromatic carbocycles.